The van der Waals surface area contributed by atoms with Crippen molar-refractivity contribution in [2.75, 3.05) is 5.32 Å². The number of nitrogens with one attached hydrogen (secondary N) is 2. The van der Waals surface area contributed by atoms with E-state index in [0.717, 1.165) is 24.3 Å². The molecule has 9 nitrogen and oxygen atoms in total. The Hall–Kier alpha value is -3.70. The summed E-state index contributed by atoms with van der Waals surface area (Å²) in [4.78, 5) is 21.3. The third kappa shape index (κ3) is 5.28. The van der Waals surface area contributed by atoms with Crippen molar-refractivity contribution < 1.29 is 18.7 Å². The first-order chi connectivity index (χ1) is 18.6. The number of amides is 1. The summed E-state index contributed by atoms with van der Waals surface area (Å²) in [5.74, 6) is -1.67. The minimum atomic E-state index is -0.982. The Morgan fingerprint density at radius 3 is 2.74 bits per heavy atom. The fraction of sp³-hybridized carbons (Fsp3) is 0.429. The molecular weight excluding hydrogens is 504 g/mol. The summed E-state index contributed by atoms with van der Waals surface area (Å²) >= 11 is 0. The lowest BCUT2D eigenvalue weighted by Crippen LogP contribution is -2.47. The topological polar surface area (TPSA) is 130 Å². The number of aromatic nitrogens is 3. The lowest BCUT2D eigenvalue weighted by atomic mass is 9.70. The molecule has 11 heteroatoms. The minimum absolute atomic E-state index is 0.0195. The Labute approximate surface area is 225 Å². The van der Waals surface area contributed by atoms with E-state index in [2.05, 4.69) is 25.7 Å². The van der Waals surface area contributed by atoms with Crippen molar-refractivity contribution in [1.82, 2.24) is 19.9 Å². The molecule has 5 atom stereocenters. The summed E-state index contributed by atoms with van der Waals surface area (Å²) in [6, 6.07) is 4.85. The second kappa shape index (κ2) is 10.8. The Morgan fingerprint density at radius 1 is 1.21 bits per heavy atom. The van der Waals surface area contributed by atoms with Crippen molar-refractivity contribution in [2.24, 2.45) is 28.5 Å². The molecule has 0 saturated heterocycles. The third-order valence-electron chi connectivity index (χ3n) is 7.57. The van der Waals surface area contributed by atoms with E-state index in [1.807, 2.05) is 13.1 Å². The largest absolute Gasteiger partial charge is 0.391 e. The van der Waals surface area contributed by atoms with Crippen LogP contribution in [0.25, 0.3) is 16.8 Å². The van der Waals surface area contributed by atoms with Gasteiger partial charge in [0.15, 0.2) is 0 Å². The van der Waals surface area contributed by atoms with Crippen LogP contribution in [-0.4, -0.2) is 50.0 Å². The molecule has 3 aromatic rings. The number of imidazole rings is 1. The first-order valence-electron chi connectivity index (χ1n) is 13.2. The van der Waals surface area contributed by atoms with E-state index in [-0.39, 0.29) is 41.1 Å². The number of aliphatic imine (C=N–C) groups is 1. The number of hydrogen-bond donors (Lipinski definition) is 4. The molecule has 1 aliphatic heterocycles. The lowest BCUT2D eigenvalue weighted by molar-refractivity contribution is 0.0287. The first-order valence-corrected chi connectivity index (χ1v) is 13.2. The number of rotatable bonds is 6. The van der Waals surface area contributed by atoms with E-state index in [1.54, 1.807) is 32.3 Å². The van der Waals surface area contributed by atoms with Crippen LogP contribution in [0.1, 0.15) is 50.4 Å². The van der Waals surface area contributed by atoms with Gasteiger partial charge in [0.25, 0.3) is 5.91 Å². The van der Waals surface area contributed by atoms with Crippen LogP contribution in [0.2, 0.25) is 0 Å². The third-order valence-corrected chi connectivity index (χ3v) is 7.57. The molecule has 0 radical (unpaired) electrons. The number of anilines is 1. The predicted molar refractivity (Wildman–Crippen MR) is 145 cm³/mol. The Morgan fingerprint density at radius 2 is 2.00 bits per heavy atom. The second-order valence-electron chi connectivity index (χ2n) is 10.8. The van der Waals surface area contributed by atoms with E-state index in [0.29, 0.717) is 24.3 Å². The smallest absolute Gasteiger partial charge is 0.254 e. The fourth-order valence-electron chi connectivity index (χ4n) is 5.59. The first kappa shape index (κ1) is 26.9. The molecule has 1 saturated carbocycles. The normalized spacial score (nSPS) is 25.1. The van der Waals surface area contributed by atoms with Crippen LogP contribution in [0.5, 0.6) is 0 Å². The number of carbonyl (C=O) groups excluding carboxylic acids is 1. The van der Waals surface area contributed by atoms with Crippen molar-refractivity contribution in [2.45, 2.75) is 58.2 Å². The SMILES string of the molecule is CC(C)NC(=O)c1ccc(F)c(-c2ccc3cnc(NC4=CN=CCC4C4CC(C)C(O)C(N)C4)n3n2)c1F. The van der Waals surface area contributed by atoms with Crippen LogP contribution >= 0.6 is 0 Å². The van der Waals surface area contributed by atoms with Crippen LogP contribution in [-0.2, 0) is 0 Å². The van der Waals surface area contributed by atoms with Gasteiger partial charge in [-0.2, -0.15) is 9.61 Å². The average Bonchev–Trinajstić information content (AvgIpc) is 3.29. The van der Waals surface area contributed by atoms with Gasteiger partial charge in [0.05, 0.1) is 34.6 Å². The maximum absolute atomic E-state index is 15.4. The highest BCUT2D eigenvalue weighted by atomic mass is 19.1. The number of halogens is 2. The maximum atomic E-state index is 15.4. The zero-order valence-corrected chi connectivity index (χ0v) is 22.1. The van der Waals surface area contributed by atoms with Crippen molar-refractivity contribution >= 4 is 23.6 Å². The number of fused-ring (bicyclic) bond motifs is 1. The van der Waals surface area contributed by atoms with Crippen molar-refractivity contribution in [3.05, 3.63) is 59.6 Å². The highest BCUT2D eigenvalue weighted by Gasteiger charge is 2.37. The summed E-state index contributed by atoms with van der Waals surface area (Å²) in [7, 11) is 0. The van der Waals surface area contributed by atoms with Gasteiger partial charge in [-0.3, -0.25) is 9.79 Å². The predicted octanol–water partition coefficient (Wildman–Crippen LogP) is 3.89. The quantitative estimate of drug-likeness (QED) is 0.378. The Bertz CT molecular complexity index is 1440. The van der Waals surface area contributed by atoms with Gasteiger partial charge in [-0.15, -0.1) is 0 Å². The van der Waals surface area contributed by atoms with Crippen molar-refractivity contribution in [3.8, 4) is 11.3 Å². The molecule has 5 rings (SSSR count). The number of allylic oxidation sites excluding steroid dienone is 1. The van der Waals surface area contributed by atoms with Crippen LogP contribution in [0, 0.1) is 29.4 Å². The van der Waals surface area contributed by atoms with Gasteiger partial charge in [0.2, 0.25) is 5.95 Å². The van der Waals surface area contributed by atoms with Gasteiger partial charge in [-0.25, -0.2) is 13.8 Å². The molecule has 5 unspecified atom stereocenters. The monoisotopic (exact) mass is 537 g/mol. The summed E-state index contributed by atoms with van der Waals surface area (Å²) in [5, 5.41) is 20.8. The van der Waals surface area contributed by atoms with Gasteiger partial charge >= 0.3 is 0 Å². The van der Waals surface area contributed by atoms with Crippen molar-refractivity contribution in [3.63, 3.8) is 0 Å². The highest BCUT2D eigenvalue weighted by molar-refractivity contribution is 5.96. The molecule has 0 bridgehead atoms. The summed E-state index contributed by atoms with van der Waals surface area (Å²) in [5.41, 5.74) is 7.05. The molecule has 5 N–H and O–H groups in total. The standard InChI is InChI=1S/C28H33F2N7O2/c1-14(2)34-27(39)19-5-6-20(29)24(25(19)30)22-7-4-17-12-33-28(37(17)36-22)35-23-13-32-9-8-18(23)16-10-15(3)26(38)21(31)11-16/h4-7,9,12-16,18,21,26,38H,8,10-11,31H2,1-3H3,(H,33,35)(H,34,39). The van der Waals surface area contributed by atoms with Crippen molar-refractivity contribution in [1.29, 1.82) is 0 Å². The Balaban J connectivity index is 1.47. The molecule has 39 heavy (non-hydrogen) atoms. The molecule has 1 aliphatic carbocycles. The van der Waals surface area contributed by atoms with E-state index < -0.39 is 29.2 Å². The Kier molecular flexibility index (Phi) is 7.46. The molecule has 1 aromatic carbocycles. The number of aliphatic hydroxyl groups excluding tert-OH is 1. The zero-order chi connectivity index (χ0) is 27.8. The summed E-state index contributed by atoms with van der Waals surface area (Å²) < 4.78 is 31.8. The van der Waals surface area contributed by atoms with Gasteiger partial charge < -0.3 is 21.5 Å². The highest BCUT2D eigenvalue weighted by Crippen LogP contribution is 2.39. The molecule has 206 valence electrons. The van der Waals surface area contributed by atoms with Gasteiger partial charge in [0, 0.05) is 36.1 Å². The number of nitrogens with zero attached hydrogens (tertiary/aromatic N) is 4. The van der Waals surface area contributed by atoms with E-state index in [9.17, 15) is 14.3 Å². The number of aliphatic hydroxyl groups is 1. The van der Waals surface area contributed by atoms with Crippen LogP contribution in [0.15, 0.2) is 47.4 Å². The van der Waals surface area contributed by atoms with Gasteiger partial charge in [-0.05, 0) is 69.2 Å². The number of hydrogen-bond acceptors (Lipinski definition) is 7. The molecule has 0 spiro atoms. The van der Waals surface area contributed by atoms with E-state index in [4.69, 9.17) is 5.73 Å². The van der Waals surface area contributed by atoms with Gasteiger partial charge in [-0.1, -0.05) is 6.92 Å². The fourth-order valence-corrected chi connectivity index (χ4v) is 5.59. The van der Waals surface area contributed by atoms with E-state index >= 15 is 4.39 Å². The molecule has 3 heterocycles. The summed E-state index contributed by atoms with van der Waals surface area (Å²) in [6.45, 7) is 5.53. The number of carbonyl (C=O) groups is 1. The number of nitrogens with two attached hydrogens (primary N) is 1. The van der Waals surface area contributed by atoms with Crippen LogP contribution < -0.4 is 16.4 Å². The molecule has 1 fully saturated rings. The molecular formula is C28H33F2N7O2. The van der Waals surface area contributed by atoms with E-state index in [1.165, 1.54) is 10.6 Å². The van der Waals surface area contributed by atoms with Crippen LogP contribution in [0.3, 0.4) is 0 Å². The summed E-state index contributed by atoms with van der Waals surface area (Å²) in [6.07, 6.45) is 6.93. The maximum Gasteiger partial charge on any atom is 0.254 e. The number of benzene rings is 1. The minimum Gasteiger partial charge on any atom is -0.391 e. The zero-order valence-electron chi connectivity index (χ0n) is 22.1. The second-order valence-corrected chi connectivity index (χ2v) is 10.8. The average molecular weight is 538 g/mol. The molecule has 1 amide bonds. The lowest BCUT2D eigenvalue weighted by Gasteiger charge is -2.40. The molecule has 2 aliphatic rings. The molecule has 2 aromatic heterocycles. The van der Waals surface area contributed by atoms with Crippen LogP contribution in [0.4, 0.5) is 14.7 Å². The van der Waals surface area contributed by atoms with Gasteiger partial charge in [0.1, 0.15) is 11.6 Å².